The maximum absolute atomic E-state index is 11.8. The SMILES string of the molecule is COC(=O)c1ccc(O)c(NC(=NCc2cccs2)N2CCN(CCO)CC2)c1. The maximum Gasteiger partial charge on any atom is 0.337 e. The van der Waals surface area contributed by atoms with Gasteiger partial charge in [-0.25, -0.2) is 9.79 Å². The number of carbonyl (C=O) groups excluding carboxylic acids is 1. The van der Waals surface area contributed by atoms with Crippen LogP contribution < -0.4 is 5.32 Å². The summed E-state index contributed by atoms with van der Waals surface area (Å²) in [5.41, 5.74) is 0.744. The quantitative estimate of drug-likeness (QED) is 0.285. The van der Waals surface area contributed by atoms with Crippen LogP contribution in [0.3, 0.4) is 0 Å². The molecule has 1 aliphatic heterocycles. The van der Waals surface area contributed by atoms with E-state index in [9.17, 15) is 9.90 Å². The summed E-state index contributed by atoms with van der Waals surface area (Å²) in [4.78, 5) is 22.0. The monoisotopic (exact) mass is 418 g/mol. The van der Waals surface area contributed by atoms with E-state index in [1.165, 1.54) is 19.2 Å². The van der Waals surface area contributed by atoms with Crippen LogP contribution in [0.4, 0.5) is 5.69 Å². The highest BCUT2D eigenvalue weighted by molar-refractivity contribution is 7.09. The molecule has 3 rings (SSSR count). The number of hydrogen-bond acceptors (Lipinski definition) is 7. The van der Waals surface area contributed by atoms with E-state index in [2.05, 4.69) is 15.1 Å². The Hall–Kier alpha value is -2.62. The third-order valence-corrected chi connectivity index (χ3v) is 5.58. The van der Waals surface area contributed by atoms with Gasteiger partial charge >= 0.3 is 5.97 Å². The minimum Gasteiger partial charge on any atom is -0.506 e. The molecular weight excluding hydrogens is 392 g/mol. The van der Waals surface area contributed by atoms with Crippen LogP contribution >= 0.6 is 11.3 Å². The van der Waals surface area contributed by atoms with Crippen LogP contribution in [0, 0.1) is 0 Å². The van der Waals surface area contributed by atoms with Gasteiger partial charge in [-0.3, -0.25) is 4.90 Å². The number of ether oxygens (including phenoxy) is 1. The fourth-order valence-electron chi connectivity index (χ4n) is 3.10. The molecule has 1 aliphatic rings. The average molecular weight is 419 g/mol. The molecule has 1 saturated heterocycles. The Morgan fingerprint density at radius 1 is 1.28 bits per heavy atom. The third kappa shape index (κ3) is 5.69. The summed E-state index contributed by atoms with van der Waals surface area (Å²) in [5, 5.41) is 24.6. The lowest BCUT2D eigenvalue weighted by atomic mass is 10.2. The van der Waals surface area contributed by atoms with Crippen LogP contribution in [0.2, 0.25) is 0 Å². The van der Waals surface area contributed by atoms with Crippen LogP contribution in [0.1, 0.15) is 15.2 Å². The molecule has 0 amide bonds. The van der Waals surface area contributed by atoms with Crippen molar-refractivity contribution in [1.29, 1.82) is 0 Å². The lowest BCUT2D eigenvalue weighted by molar-refractivity contribution is 0.0601. The van der Waals surface area contributed by atoms with Crippen molar-refractivity contribution in [1.82, 2.24) is 9.80 Å². The summed E-state index contributed by atoms with van der Waals surface area (Å²) in [6.45, 7) is 4.44. The predicted molar refractivity (Wildman–Crippen MR) is 114 cm³/mol. The van der Waals surface area contributed by atoms with Crippen molar-refractivity contribution in [2.45, 2.75) is 6.54 Å². The number of guanidine groups is 1. The Morgan fingerprint density at radius 2 is 2.07 bits per heavy atom. The number of aliphatic hydroxyl groups excluding tert-OH is 1. The number of anilines is 1. The molecule has 1 aromatic carbocycles. The summed E-state index contributed by atoms with van der Waals surface area (Å²) < 4.78 is 4.77. The van der Waals surface area contributed by atoms with Crippen LogP contribution in [-0.4, -0.2) is 78.4 Å². The molecule has 0 spiro atoms. The molecule has 0 atom stereocenters. The lowest BCUT2D eigenvalue weighted by Crippen LogP contribution is -2.51. The number of hydrogen-bond donors (Lipinski definition) is 3. The molecule has 2 aromatic rings. The third-order valence-electron chi connectivity index (χ3n) is 4.72. The number of aliphatic hydroxyl groups is 1. The summed E-state index contributed by atoms with van der Waals surface area (Å²) in [6.07, 6.45) is 0. The van der Waals surface area contributed by atoms with Crippen molar-refractivity contribution < 1.29 is 19.7 Å². The fourth-order valence-corrected chi connectivity index (χ4v) is 3.73. The number of benzene rings is 1. The average Bonchev–Trinajstić information content (AvgIpc) is 3.26. The highest BCUT2D eigenvalue weighted by Crippen LogP contribution is 2.25. The van der Waals surface area contributed by atoms with E-state index in [0.29, 0.717) is 30.3 Å². The van der Waals surface area contributed by atoms with E-state index in [1.54, 1.807) is 17.4 Å². The van der Waals surface area contributed by atoms with Crippen LogP contribution in [-0.2, 0) is 11.3 Å². The van der Waals surface area contributed by atoms with Crippen molar-refractivity contribution in [2.75, 3.05) is 51.8 Å². The summed E-state index contributed by atoms with van der Waals surface area (Å²) >= 11 is 1.64. The van der Waals surface area contributed by atoms with Gasteiger partial charge < -0.3 is 25.2 Å². The summed E-state index contributed by atoms with van der Waals surface area (Å²) in [5.74, 6) is 0.197. The number of methoxy groups -OCH3 is 1. The van der Waals surface area contributed by atoms with Crippen LogP contribution in [0.25, 0.3) is 0 Å². The van der Waals surface area contributed by atoms with Gasteiger partial charge in [-0.15, -0.1) is 11.3 Å². The Bertz CT molecular complexity index is 833. The zero-order valence-corrected chi connectivity index (χ0v) is 17.2. The standard InChI is InChI=1S/C20H26N4O4S/c1-28-19(27)15-4-5-18(26)17(13-15)22-20(21-14-16-3-2-12-29-16)24-8-6-23(7-9-24)10-11-25/h2-5,12-13,25-26H,6-11,14H2,1H3,(H,21,22). The van der Waals surface area contributed by atoms with E-state index in [1.807, 2.05) is 17.5 Å². The second kappa shape index (κ2) is 10.2. The van der Waals surface area contributed by atoms with Crippen LogP contribution in [0.15, 0.2) is 40.7 Å². The number of thiophene rings is 1. The molecule has 1 aromatic heterocycles. The first-order valence-corrected chi connectivity index (χ1v) is 10.3. The van der Waals surface area contributed by atoms with Gasteiger partial charge in [-0.1, -0.05) is 6.07 Å². The van der Waals surface area contributed by atoms with Gasteiger partial charge in [0.05, 0.1) is 31.5 Å². The predicted octanol–water partition coefficient (Wildman–Crippen LogP) is 1.82. The van der Waals surface area contributed by atoms with Crippen molar-refractivity contribution in [3.8, 4) is 5.75 Å². The van der Waals surface area contributed by atoms with Gasteiger partial charge in [-0.2, -0.15) is 0 Å². The first-order chi connectivity index (χ1) is 14.1. The molecule has 0 radical (unpaired) electrons. The zero-order chi connectivity index (χ0) is 20.6. The number of aromatic hydroxyl groups is 1. The highest BCUT2D eigenvalue weighted by Gasteiger charge is 2.21. The summed E-state index contributed by atoms with van der Waals surface area (Å²) in [6, 6.07) is 8.55. The van der Waals surface area contributed by atoms with E-state index in [0.717, 1.165) is 31.1 Å². The number of phenols is 1. The number of aliphatic imine (C=N–C) groups is 1. The second-order valence-corrected chi connectivity index (χ2v) is 7.65. The van der Waals surface area contributed by atoms with E-state index < -0.39 is 5.97 Å². The molecular formula is C20H26N4O4S. The smallest absolute Gasteiger partial charge is 0.337 e. The topological polar surface area (TPSA) is 97.6 Å². The first kappa shape index (κ1) is 21.1. The zero-order valence-electron chi connectivity index (χ0n) is 16.4. The molecule has 3 N–H and O–H groups in total. The number of esters is 1. The number of β-amino-alcohol motifs (C(OH)–C–C–N with tert-alkyl or cyclic N) is 1. The van der Waals surface area contributed by atoms with Crippen molar-refractivity contribution >= 4 is 29.0 Å². The van der Waals surface area contributed by atoms with Gasteiger partial charge in [0.25, 0.3) is 0 Å². The van der Waals surface area contributed by atoms with Crippen molar-refractivity contribution in [2.24, 2.45) is 4.99 Å². The van der Waals surface area contributed by atoms with Gasteiger partial charge in [0.1, 0.15) is 5.75 Å². The minimum atomic E-state index is -0.470. The Labute approximate surface area is 174 Å². The van der Waals surface area contributed by atoms with Crippen molar-refractivity contribution in [3.05, 3.63) is 46.2 Å². The highest BCUT2D eigenvalue weighted by atomic mass is 32.1. The molecule has 29 heavy (non-hydrogen) atoms. The molecule has 8 nitrogen and oxygen atoms in total. The minimum absolute atomic E-state index is 0.0281. The molecule has 0 aliphatic carbocycles. The van der Waals surface area contributed by atoms with Gasteiger partial charge in [0.2, 0.25) is 0 Å². The second-order valence-electron chi connectivity index (χ2n) is 6.62. The van der Waals surface area contributed by atoms with E-state index >= 15 is 0 Å². The number of carbonyl (C=O) groups is 1. The lowest BCUT2D eigenvalue weighted by Gasteiger charge is -2.36. The fraction of sp³-hybridized carbons (Fsp3) is 0.400. The number of piperazine rings is 1. The largest absolute Gasteiger partial charge is 0.506 e. The molecule has 1 fully saturated rings. The van der Waals surface area contributed by atoms with Gasteiger partial charge in [-0.05, 0) is 29.6 Å². The Kier molecular flexibility index (Phi) is 7.45. The van der Waals surface area contributed by atoms with Crippen molar-refractivity contribution in [3.63, 3.8) is 0 Å². The first-order valence-electron chi connectivity index (χ1n) is 9.44. The Morgan fingerprint density at radius 3 is 2.72 bits per heavy atom. The number of nitrogens with one attached hydrogen (secondary N) is 1. The number of nitrogens with zero attached hydrogens (tertiary/aromatic N) is 3. The van der Waals surface area contributed by atoms with Gasteiger partial charge in [0.15, 0.2) is 5.96 Å². The molecule has 2 heterocycles. The van der Waals surface area contributed by atoms with Gasteiger partial charge in [0, 0.05) is 37.6 Å². The molecule has 0 saturated carbocycles. The van der Waals surface area contributed by atoms with E-state index in [-0.39, 0.29) is 12.4 Å². The Balaban J connectivity index is 1.80. The van der Waals surface area contributed by atoms with Crippen LogP contribution in [0.5, 0.6) is 5.75 Å². The number of phenolic OH excluding ortho intramolecular Hbond substituents is 1. The normalized spacial score (nSPS) is 15.4. The molecule has 9 heteroatoms. The van der Waals surface area contributed by atoms with E-state index in [4.69, 9.17) is 14.8 Å². The number of rotatable bonds is 6. The molecule has 156 valence electrons. The molecule has 0 bridgehead atoms. The maximum atomic E-state index is 11.8. The summed E-state index contributed by atoms with van der Waals surface area (Å²) in [7, 11) is 1.32. The molecule has 0 unspecified atom stereocenters.